The zero-order valence-electron chi connectivity index (χ0n) is 9.07. The van der Waals surface area contributed by atoms with Gasteiger partial charge in [0, 0.05) is 37.1 Å². The average Bonchev–Trinajstić information content (AvgIpc) is 2.16. The molecule has 1 aliphatic heterocycles. The maximum Gasteiger partial charge on any atom is 0.131 e. The van der Waals surface area contributed by atoms with Crippen LogP contribution >= 0.6 is 11.6 Å². The number of rotatable bonds is 1. The van der Waals surface area contributed by atoms with Crippen molar-refractivity contribution in [1.82, 2.24) is 10.3 Å². The quantitative estimate of drug-likeness (QED) is 0.741. The van der Waals surface area contributed by atoms with Gasteiger partial charge in [-0.25, -0.2) is 4.98 Å². The second-order valence-corrected chi connectivity index (χ2v) is 4.60. The van der Waals surface area contributed by atoms with Crippen LogP contribution in [-0.2, 0) is 0 Å². The molecule has 0 saturated carbocycles. The molecule has 82 valence electrons. The summed E-state index contributed by atoms with van der Waals surface area (Å²) >= 11 is 5.88. The van der Waals surface area contributed by atoms with Crippen LogP contribution in [0.3, 0.4) is 0 Å². The summed E-state index contributed by atoms with van der Waals surface area (Å²) in [7, 11) is 0. The summed E-state index contributed by atoms with van der Waals surface area (Å²) in [6, 6.07) is 4.96. The fourth-order valence-corrected chi connectivity index (χ4v) is 2.29. The third-order valence-electron chi connectivity index (χ3n) is 2.63. The summed E-state index contributed by atoms with van der Waals surface area (Å²) in [4.78, 5) is 6.34. The molecule has 1 saturated heterocycles. The van der Waals surface area contributed by atoms with E-state index in [-0.39, 0.29) is 0 Å². The molecule has 4 heteroatoms. The van der Waals surface area contributed by atoms with Crippen molar-refractivity contribution in [1.29, 1.82) is 0 Å². The van der Waals surface area contributed by atoms with Crippen LogP contribution in [0.4, 0.5) is 5.69 Å². The first-order chi connectivity index (χ1) is 7.15. The van der Waals surface area contributed by atoms with Crippen LogP contribution in [0.25, 0.3) is 0 Å². The summed E-state index contributed by atoms with van der Waals surface area (Å²) < 4.78 is 0. The van der Waals surface area contributed by atoms with Crippen molar-refractivity contribution in [3.05, 3.63) is 23.5 Å². The highest BCUT2D eigenvalue weighted by molar-refractivity contribution is 6.29. The molecule has 1 aliphatic rings. The predicted molar refractivity (Wildman–Crippen MR) is 63.5 cm³/mol. The molecule has 0 aliphatic carbocycles. The van der Waals surface area contributed by atoms with E-state index in [1.54, 1.807) is 6.20 Å². The molecule has 2 atom stereocenters. The van der Waals surface area contributed by atoms with E-state index in [1.807, 2.05) is 12.1 Å². The minimum absolute atomic E-state index is 0.515. The number of halogens is 1. The Morgan fingerprint density at radius 3 is 2.67 bits per heavy atom. The van der Waals surface area contributed by atoms with E-state index in [4.69, 9.17) is 11.6 Å². The molecule has 15 heavy (non-hydrogen) atoms. The van der Waals surface area contributed by atoms with E-state index in [2.05, 4.69) is 29.0 Å². The molecular formula is C11H16ClN3. The minimum Gasteiger partial charge on any atom is -0.368 e. The molecule has 0 amide bonds. The first-order valence-corrected chi connectivity index (χ1v) is 5.65. The van der Waals surface area contributed by atoms with Gasteiger partial charge in [0.2, 0.25) is 0 Å². The standard InChI is InChI=1S/C11H16ClN3/c1-8-6-15(7-9(2)14-8)10-3-4-13-11(12)5-10/h3-5,8-9,14H,6-7H2,1-2H3/t8-,9+. The highest BCUT2D eigenvalue weighted by atomic mass is 35.5. The van der Waals surface area contributed by atoms with Gasteiger partial charge in [-0.2, -0.15) is 0 Å². The fourth-order valence-electron chi connectivity index (χ4n) is 2.13. The van der Waals surface area contributed by atoms with E-state index in [9.17, 15) is 0 Å². The number of nitrogens with zero attached hydrogens (tertiary/aromatic N) is 2. The van der Waals surface area contributed by atoms with Crippen molar-refractivity contribution in [2.45, 2.75) is 25.9 Å². The van der Waals surface area contributed by atoms with Crippen LogP contribution < -0.4 is 10.2 Å². The molecule has 1 fully saturated rings. The Hall–Kier alpha value is -0.800. The normalized spacial score (nSPS) is 26.7. The number of hydrogen-bond donors (Lipinski definition) is 1. The van der Waals surface area contributed by atoms with Gasteiger partial charge in [0.25, 0.3) is 0 Å². The van der Waals surface area contributed by atoms with Gasteiger partial charge in [0.1, 0.15) is 5.15 Å². The Morgan fingerprint density at radius 2 is 2.07 bits per heavy atom. The number of piperazine rings is 1. The van der Waals surface area contributed by atoms with Crippen molar-refractivity contribution in [2.24, 2.45) is 0 Å². The van der Waals surface area contributed by atoms with Crippen molar-refractivity contribution in [3.8, 4) is 0 Å². The van der Waals surface area contributed by atoms with Gasteiger partial charge in [-0.15, -0.1) is 0 Å². The van der Waals surface area contributed by atoms with E-state index in [0.29, 0.717) is 17.2 Å². The van der Waals surface area contributed by atoms with Gasteiger partial charge in [-0.3, -0.25) is 0 Å². The molecule has 2 heterocycles. The highest BCUT2D eigenvalue weighted by Gasteiger charge is 2.20. The van der Waals surface area contributed by atoms with Gasteiger partial charge in [0.05, 0.1) is 0 Å². The lowest BCUT2D eigenvalue weighted by Crippen LogP contribution is -2.54. The Labute approximate surface area is 95.4 Å². The molecule has 0 spiro atoms. The van der Waals surface area contributed by atoms with Crippen LogP contribution in [0.1, 0.15) is 13.8 Å². The van der Waals surface area contributed by atoms with Crippen LogP contribution in [0.2, 0.25) is 5.15 Å². The monoisotopic (exact) mass is 225 g/mol. The summed E-state index contributed by atoms with van der Waals surface area (Å²) in [5, 5.41) is 4.06. The molecule has 1 aromatic heterocycles. The maximum atomic E-state index is 5.88. The SMILES string of the molecule is C[C@@H]1CN(c2ccnc(Cl)c2)C[C@H](C)N1. The van der Waals surface area contributed by atoms with Crippen LogP contribution in [-0.4, -0.2) is 30.2 Å². The molecule has 0 unspecified atom stereocenters. The molecule has 1 N–H and O–H groups in total. The first kappa shape index (κ1) is 10.7. The molecule has 3 nitrogen and oxygen atoms in total. The summed E-state index contributed by atoms with van der Waals surface area (Å²) in [5.74, 6) is 0. The molecule has 2 rings (SSSR count). The third-order valence-corrected chi connectivity index (χ3v) is 2.84. The molecule has 0 bridgehead atoms. The Balaban J connectivity index is 2.16. The first-order valence-electron chi connectivity index (χ1n) is 5.27. The van der Waals surface area contributed by atoms with Crippen molar-refractivity contribution >= 4 is 17.3 Å². The fraction of sp³-hybridized carbons (Fsp3) is 0.545. The van der Waals surface area contributed by atoms with E-state index in [1.165, 1.54) is 0 Å². The molecule has 1 aromatic rings. The van der Waals surface area contributed by atoms with Gasteiger partial charge < -0.3 is 10.2 Å². The second-order valence-electron chi connectivity index (χ2n) is 4.21. The largest absolute Gasteiger partial charge is 0.368 e. The predicted octanol–water partition coefficient (Wildman–Crippen LogP) is 1.92. The van der Waals surface area contributed by atoms with Crippen LogP contribution in [0.15, 0.2) is 18.3 Å². The smallest absolute Gasteiger partial charge is 0.131 e. The second kappa shape index (κ2) is 4.37. The number of nitrogens with one attached hydrogen (secondary N) is 1. The Bertz CT molecular complexity index is 332. The van der Waals surface area contributed by atoms with Crippen LogP contribution in [0.5, 0.6) is 0 Å². The Morgan fingerprint density at radius 1 is 1.40 bits per heavy atom. The zero-order chi connectivity index (χ0) is 10.8. The van der Waals surface area contributed by atoms with Gasteiger partial charge in [-0.1, -0.05) is 11.6 Å². The average molecular weight is 226 g/mol. The van der Waals surface area contributed by atoms with Gasteiger partial charge >= 0.3 is 0 Å². The lowest BCUT2D eigenvalue weighted by atomic mass is 10.1. The Kier molecular flexibility index (Phi) is 3.12. The topological polar surface area (TPSA) is 28.2 Å². The number of pyridine rings is 1. The van der Waals surface area contributed by atoms with Gasteiger partial charge in [-0.05, 0) is 26.0 Å². The molecular weight excluding hydrogens is 210 g/mol. The summed E-state index contributed by atoms with van der Waals surface area (Å²) in [6.45, 7) is 6.44. The van der Waals surface area contributed by atoms with E-state index >= 15 is 0 Å². The number of anilines is 1. The molecule has 0 aromatic carbocycles. The number of hydrogen-bond acceptors (Lipinski definition) is 3. The van der Waals surface area contributed by atoms with Crippen molar-refractivity contribution in [2.75, 3.05) is 18.0 Å². The van der Waals surface area contributed by atoms with Crippen molar-refractivity contribution < 1.29 is 0 Å². The van der Waals surface area contributed by atoms with Crippen LogP contribution in [0, 0.1) is 0 Å². The van der Waals surface area contributed by atoms with Gasteiger partial charge in [0.15, 0.2) is 0 Å². The highest BCUT2D eigenvalue weighted by Crippen LogP contribution is 2.19. The maximum absolute atomic E-state index is 5.88. The van der Waals surface area contributed by atoms with E-state index in [0.717, 1.165) is 18.8 Å². The molecule has 0 radical (unpaired) electrons. The minimum atomic E-state index is 0.515. The van der Waals surface area contributed by atoms with Crippen molar-refractivity contribution in [3.63, 3.8) is 0 Å². The summed E-state index contributed by atoms with van der Waals surface area (Å²) in [6.07, 6.45) is 1.76. The zero-order valence-corrected chi connectivity index (χ0v) is 9.83. The lowest BCUT2D eigenvalue weighted by molar-refractivity contribution is 0.407. The third kappa shape index (κ3) is 2.61. The van der Waals surface area contributed by atoms with E-state index < -0.39 is 0 Å². The summed E-state index contributed by atoms with van der Waals surface area (Å²) in [5.41, 5.74) is 1.16. The lowest BCUT2D eigenvalue weighted by Gasteiger charge is -2.37. The number of aromatic nitrogens is 1.